The number of imidazole rings is 1. The highest BCUT2D eigenvalue weighted by atomic mass is 16.2. The van der Waals surface area contributed by atoms with Crippen LogP contribution in [0.2, 0.25) is 0 Å². The second kappa shape index (κ2) is 6.01. The lowest BCUT2D eigenvalue weighted by Gasteiger charge is -2.25. The van der Waals surface area contributed by atoms with E-state index in [1.54, 1.807) is 18.0 Å². The van der Waals surface area contributed by atoms with Gasteiger partial charge in [0.15, 0.2) is 11.6 Å². The molecule has 0 atom stereocenters. The van der Waals surface area contributed by atoms with Gasteiger partial charge in [0.2, 0.25) is 5.91 Å². The van der Waals surface area contributed by atoms with Gasteiger partial charge in [-0.3, -0.25) is 4.79 Å². The van der Waals surface area contributed by atoms with Crippen molar-refractivity contribution in [2.24, 2.45) is 0 Å². The number of aromatic amines is 1. The Morgan fingerprint density at radius 3 is 2.84 bits per heavy atom. The first-order valence-electron chi connectivity index (χ1n) is 8.14. The molecule has 1 aliphatic heterocycles. The van der Waals surface area contributed by atoms with Crippen LogP contribution in [0.5, 0.6) is 0 Å². The molecule has 1 aromatic carbocycles. The number of benzene rings is 1. The van der Waals surface area contributed by atoms with Crippen LogP contribution in [0.3, 0.4) is 0 Å². The van der Waals surface area contributed by atoms with Crippen LogP contribution < -0.4 is 5.73 Å². The molecule has 1 aliphatic rings. The van der Waals surface area contributed by atoms with E-state index in [1.165, 1.54) is 0 Å². The molecule has 2 aromatic heterocycles. The zero-order chi connectivity index (χ0) is 17.4. The van der Waals surface area contributed by atoms with Gasteiger partial charge in [0.1, 0.15) is 5.69 Å². The van der Waals surface area contributed by atoms with E-state index in [4.69, 9.17) is 5.73 Å². The van der Waals surface area contributed by atoms with Crippen molar-refractivity contribution in [3.05, 3.63) is 42.2 Å². The Bertz CT molecular complexity index is 957. The molecule has 25 heavy (non-hydrogen) atoms. The summed E-state index contributed by atoms with van der Waals surface area (Å²) in [5, 5.41) is 0. The number of para-hydroxylation sites is 2. The zero-order valence-electron chi connectivity index (χ0n) is 13.9. The lowest BCUT2D eigenvalue weighted by atomic mass is 10.0. The predicted molar refractivity (Wildman–Crippen MR) is 96.4 cm³/mol. The molecular formula is C18H18N6O. The molecule has 0 saturated carbocycles. The van der Waals surface area contributed by atoms with Gasteiger partial charge in [0.25, 0.3) is 0 Å². The summed E-state index contributed by atoms with van der Waals surface area (Å²) >= 11 is 0. The number of nitrogens with two attached hydrogens (primary N) is 1. The number of H-pyrrole nitrogens is 1. The minimum Gasteiger partial charge on any atom is -0.382 e. The number of fused-ring (bicyclic) bond motifs is 1. The Kier molecular flexibility index (Phi) is 3.68. The fourth-order valence-corrected chi connectivity index (χ4v) is 2.98. The monoisotopic (exact) mass is 334 g/mol. The molecule has 0 fully saturated rings. The number of nitrogens with one attached hydrogen (secondary N) is 1. The smallest absolute Gasteiger partial charge is 0.219 e. The third-order valence-corrected chi connectivity index (χ3v) is 4.40. The highest BCUT2D eigenvalue weighted by molar-refractivity contribution is 5.81. The zero-order valence-corrected chi connectivity index (χ0v) is 13.9. The number of carbonyl (C=O) groups excluding carboxylic acids is 1. The number of amides is 1. The van der Waals surface area contributed by atoms with Crippen LogP contribution in [0.4, 0.5) is 5.82 Å². The summed E-state index contributed by atoms with van der Waals surface area (Å²) < 4.78 is 0. The van der Waals surface area contributed by atoms with Crippen LogP contribution in [0, 0.1) is 0 Å². The summed E-state index contributed by atoms with van der Waals surface area (Å²) in [4.78, 5) is 30.0. The van der Waals surface area contributed by atoms with Crippen molar-refractivity contribution >= 4 is 28.3 Å². The van der Waals surface area contributed by atoms with E-state index in [9.17, 15) is 4.79 Å². The normalized spacial score (nSPS) is 14.6. The summed E-state index contributed by atoms with van der Waals surface area (Å²) in [7, 11) is 0. The highest BCUT2D eigenvalue weighted by Gasteiger charge is 2.18. The first-order valence-corrected chi connectivity index (χ1v) is 8.14. The molecule has 7 heteroatoms. The maximum atomic E-state index is 11.5. The number of anilines is 1. The maximum absolute atomic E-state index is 11.5. The predicted octanol–water partition coefficient (Wildman–Crippen LogP) is 2.24. The molecule has 0 spiro atoms. The SMILES string of the molecule is CC(=O)N1CC=C(c2cnc(N)c(-c3nc4ccccc4[nH]3)n2)CC1. The molecule has 3 N–H and O–H groups in total. The van der Waals surface area contributed by atoms with Gasteiger partial charge in [-0.05, 0) is 24.1 Å². The average molecular weight is 334 g/mol. The molecule has 126 valence electrons. The van der Waals surface area contributed by atoms with Crippen molar-refractivity contribution in [2.75, 3.05) is 18.8 Å². The Hall–Kier alpha value is -3.22. The van der Waals surface area contributed by atoms with Gasteiger partial charge in [-0.25, -0.2) is 15.0 Å². The van der Waals surface area contributed by atoms with Gasteiger partial charge in [-0.1, -0.05) is 18.2 Å². The van der Waals surface area contributed by atoms with Crippen LogP contribution in [-0.2, 0) is 4.79 Å². The third-order valence-electron chi connectivity index (χ3n) is 4.40. The quantitative estimate of drug-likeness (QED) is 0.748. The average Bonchev–Trinajstić information content (AvgIpc) is 3.06. The molecule has 3 heterocycles. The molecule has 0 saturated heterocycles. The number of hydrogen-bond acceptors (Lipinski definition) is 5. The molecule has 0 unspecified atom stereocenters. The second-order valence-electron chi connectivity index (χ2n) is 6.04. The molecule has 0 aliphatic carbocycles. The number of hydrogen-bond donors (Lipinski definition) is 2. The molecular weight excluding hydrogens is 316 g/mol. The Labute approximate surface area is 144 Å². The van der Waals surface area contributed by atoms with E-state index in [-0.39, 0.29) is 5.91 Å². The Balaban J connectivity index is 1.71. The number of carbonyl (C=O) groups is 1. The van der Waals surface area contributed by atoms with Gasteiger partial charge in [-0.15, -0.1) is 0 Å². The topological polar surface area (TPSA) is 101 Å². The first-order chi connectivity index (χ1) is 12.1. The number of aromatic nitrogens is 4. The van der Waals surface area contributed by atoms with Gasteiger partial charge in [0.05, 0.1) is 22.9 Å². The molecule has 3 aromatic rings. The van der Waals surface area contributed by atoms with Crippen molar-refractivity contribution in [1.82, 2.24) is 24.8 Å². The Morgan fingerprint density at radius 1 is 1.28 bits per heavy atom. The largest absolute Gasteiger partial charge is 0.382 e. The summed E-state index contributed by atoms with van der Waals surface area (Å²) in [5.41, 5.74) is 10.2. The summed E-state index contributed by atoms with van der Waals surface area (Å²) in [6.45, 7) is 2.87. The summed E-state index contributed by atoms with van der Waals surface area (Å²) in [6, 6.07) is 7.78. The molecule has 1 amide bonds. The molecule has 7 nitrogen and oxygen atoms in total. The van der Waals surface area contributed by atoms with Crippen LogP contribution in [0.15, 0.2) is 36.5 Å². The van der Waals surface area contributed by atoms with Crippen molar-refractivity contribution in [2.45, 2.75) is 13.3 Å². The third kappa shape index (κ3) is 2.84. The fourth-order valence-electron chi connectivity index (χ4n) is 2.98. The van der Waals surface area contributed by atoms with E-state index in [0.29, 0.717) is 30.4 Å². The number of rotatable bonds is 2. The maximum Gasteiger partial charge on any atom is 0.219 e. The Morgan fingerprint density at radius 2 is 2.12 bits per heavy atom. The van der Waals surface area contributed by atoms with Crippen LogP contribution >= 0.6 is 0 Å². The van der Waals surface area contributed by atoms with Crippen molar-refractivity contribution in [3.8, 4) is 11.5 Å². The number of nitrogen functional groups attached to an aromatic ring is 1. The minimum absolute atomic E-state index is 0.0849. The van der Waals surface area contributed by atoms with Gasteiger partial charge >= 0.3 is 0 Å². The second-order valence-corrected chi connectivity index (χ2v) is 6.04. The van der Waals surface area contributed by atoms with Crippen molar-refractivity contribution in [3.63, 3.8) is 0 Å². The standard InChI is InChI=1S/C18H18N6O/c1-11(25)24-8-6-12(7-9-24)15-10-20-17(19)16(21-15)18-22-13-4-2-3-5-14(13)23-18/h2-6,10H,7-9H2,1H3,(H2,19,20)(H,22,23). The lowest BCUT2D eigenvalue weighted by molar-refractivity contribution is -0.128. The number of nitrogens with zero attached hydrogens (tertiary/aromatic N) is 4. The van der Waals surface area contributed by atoms with E-state index < -0.39 is 0 Å². The highest BCUT2D eigenvalue weighted by Crippen LogP contribution is 2.26. The fraction of sp³-hybridized carbons (Fsp3) is 0.222. The van der Waals surface area contributed by atoms with E-state index >= 15 is 0 Å². The van der Waals surface area contributed by atoms with E-state index in [1.807, 2.05) is 30.3 Å². The van der Waals surface area contributed by atoms with Crippen LogP contribution in [-0.4, -0.2) is 43.8 Å². The molecule has 4 rings (SSSR count). The van der Waals surface area contributed by atoms with E-state index in [2.05, 4.69) is 19.9 Å². The van der Waals surface area contributed by atoms with Crippen molar-refractivity contribution in [1.29, 1.82) is 0 Å². The van der Waals surface area contributed by atoms with Gasteiger partial charge in [-0.2, -0.15) is 0 Å². The van der Waals surface area contributed by atoms with Gasteiger partial charge in [0, 0.05) is 20.0 Å². The van der Waals surface area contributed by atoms with E-state index in [0.717, 1.165) is 28.7 Å². The molecule has 0 radical (unpaired) electrons. The first kappa shape index (κ1) is 15.3. The molecule has 0 bridgehead atoms. The van der Waals surface area contributed by atoms with Crippen LogP contribution in [0.1, 0.15) is 19.0 Å². The lowest BCUT2D eigenvalue weighted by Crippen LogP contribution is -2.32. The minimum atomic E-state index is 0.0849. The summed E-state index contributed by atoms with van der Waals surface area (Å²) in [6.07, 6.45) is 4.45. The van der Waals surface area contributed by atoms with Crippen LogP contribution in [0.25, 0.3) is 28.1 Å². The van der Waals surface area contributed by atoms with Crippen molar-refractivity contribution < 1.29 is 4.79 Å². The van der Waals surface area contributed by atoms with Gasteiger partial charge < -0.3 is 15.6 Å². The summed E-state index contributed by atoms with van der Waals surface area (Å²) in [5.74, 6) is 1.03.